The van der Waals surface area contributed by atoms with E-state index >= 15 is 0 Å². The minimum Gasteiger partial charge on any atom is -0.493 e. The molecule has 0 saturated carbocycles. The van der Waals surface area contributed by atoms with Crippen molar-refractivity contribution < 1.29 is 38.5 Å². The van der Waals surface area contributed by atoms with Crippen LogP contribution in [0.1, 0.15) is 38.2 Å². The van der Waals surface area contributed by atoms with E-state index in [0.717, 1.165) is 18.4 Å². The molecule has 10 nitrogen and oxygen atoms in total. The van der Waals surface area contributed by atoms with Gasteiger partial charge in [-0.05, 0) is 42.7 Å². The summed E-state index contributed by atoms with van der Waals surface area (Å²) in [6.45, 7) is 5.42. The number of likely N-dealkylation sites (tertiary alicyclic amines) is 1. The van der Waals surface area contributed by atoms with Gasteiger partial charge >= 0.3 is 5.97 Å². The van der Waals surface area contributed by atoms with Gasteiger partial charge in [0.25, 0.3) is 5.91 Å². The zero-order chi connectivity index (χ0) is 27.1. The van der Waals surface area contributed by atoms with Crippen molar-refractivity contribution in [2.75, 3.05) is 46.8 Å². The molecule has 1 N–H and O–H groups in total. The Morgan fingerprint density at radius 2 is 1.84 bits per heavy atom. The van der Waals surface area contributed by atoms with Crippen LogP contribution in [0, 0.1) is 5.92 Å². The summed E-state index contributed by atoms with van der Waals surface area (Å²) >= 11 is 0. The van der Waals surface area contributed by atoms with E-state index in [-0.39, 0.29) is 25.9 Å². The molecule has 0 aromatic heterocycles. The van der Waals surface area contributed by atoms with Crippen molar-refractivity contribution in [2.24, 2.45) is 5.92 Å². The van der Waals surface area contributed by atoms with Gasteiger partial charge in [-0.25, -0.2) is 5.06 Å². The fourth-order valence-electron chi connectivity index (χ4n) is 5.01. The minimum atomic E-state index is -0.955. The van der Waals surface area contributed by atoms with Gasteiger partial charge in [-0.3, -0.25) is 19.3 Å². The van der Waals surface area contributed by atoms with Crippen molar-refractivity contribution in [2.45, 2.75) is 38.6 Å². The molecule has 4 rings (SSSR count). The molecule has 0 bridgehead atoms. The molecule has 2 aromatic carbocycles. The van der Waals surface area contributed by atoms with Gasteiger partial charge in [0.15, 0.2) is 23.0 Å². The van der Waals surface area contributed by atoms with Crippen molar-refractivity contribution in [1.82, 2.24) is 9.96 Å². The number of ether oxygens (including phenoxy) is 4. The number of fused-ring (bicyclic) bond motifs is 1. The first-order valence-corrected chi connectivity index (χ1v) is 13.0. The number of aliphatic carboxylic acids is 1. The van der Waals surface area contributed by atoms with Crippen LogP contribution >= 0.6 is 0 Å². The molecule has 10 heteroatoms. The first kappa shape index (κ1) is 27.5. The number of hydrogen-bond acceptors (Lipinski definition) is 8. The quantitative estimate of drug-likeness (QED) is 0.391. The van der Waals surface area contributed by atoms with E-state index < -0.39 is 23.8 Å². The average Bonchev–Trinajstić information content (AvgIpc) is 3.54. The monoisotopic (exact) mass is 528 g/mol. The molecule has 2 aliphatic heterocycles. The van der Waals surface area contributed by atoms with E-state index in [4.69, 9.17) is 23.8 Å². The lowest BCUT2D eigenvalue weighted by Crippen LogP contribution is -2.46. The molecule has 206 valence electrons. The standard InChI is InChI=1S/C28H36N2O8/c1-4-12-30(38-13-5-2)26(31)16-29-15-20(19-10-11-24-25(14-19)37-18-36-24)27(28(32)33)21(29)17-35-23-9-7-6-8-22(23)34-3/h6-11,14,20-21,27H,4-5,12-13,15-18H2,1-3H3,(H,32,33)/t20-,21+,27-/m1/s1. The Morgan fingerprint density at radius 3 is 2.55 bits per heavy atom. The number of methoxy groups -OCH3 is 1. The lowest BCUT2D eigenvalue weighted by Gasteiger charge is -2.29. The summed E-state index contributed by atoms with van der Waals surface area (Å²) in [5, 5.41) is 11.8. The molecule has 2 aromatic rings. The van der Waals surface area contributed by atoms with Crippen molar-refractivity contribution in [3.63, 3.8) is 0 Å². The second-order valence-corrected chi connectivity index (χ2v) is 9.37. The van der Waals surface area contributed by atoms with Gasteiger partial charge in [-0.2, -0.15) is 0 Å². The minimum absolute atomic E-state index is 0.00843. The zero-order valence-corrected chi connectivity index (χ0v) is 22.1. The molecule has 0 spiro atoms. The van der Waals surface area contributed by atoms with E-state index in [1.165, 1.54) is 5.06 Å². The number of carboxylic acid groups (broad SMARTS) is 1. The molecule has 38 heavy (non-hydrogen) atoms. The summed E-state index contributed by atoms with van der Waals surface area (Å²) in [6, 6.07) is 12.1. The number of nitrogens with zero attached hydrogens (tertiary/aromatic N) is 2. The van der Waals surface area contributed by atoms with Gasteiger partial charge in [0.2, 0.25) is 6.79 Å². The molecular weight excluding hydrogens is 492 g/mol. The lowest BCUT2D eigenvalue weighted by molar-refractivity contribution is -0.188. The summed E-state index contributed by atoms with van der Waals surface area (Å²) in [5.74, 6) is -0.103. The maximum Gasteiger partial charge on any atom is 0.308 e. The highest BCUT2D eigenvalue weighted by Gasteiger charge is 2.48. The predicted octanol–water partition coefficient (Wildman–Crippen LogP) is 3.55. The normalized spacial score (nSPS) is 20.3. The Bertz CT molecular complexity index is 1110. The van der Waals surface area contributed by atoms with Crippen molar-refractivity contribution in [3.05, 3.63) is 48.0 Å². The molecule has 0 aliphatic carbocycles. The first-order valence-electron chi connectivity index (χ1n) is 13.0. The lowest BCUT2D eigenvalue weighted by atomic mass is 9.85. The number of benzene rings is 2. The van der Waals surface area contributed by atoms with E-state index in [0.29, 0.717) is 42.7 Å². The summed E-state index contributed by atoms with van der Waals surface area (Å²) in [5.41, 5.74) is 0.812. The van der Waals surface area contributed by atoms with Gasteiger partial charge in [0, 0.05) is 19.0 Å². The van der Waals surface area contributed by atoms with Crippen LogP contribution in [-0.2, 0) is 14.4 Å². The Morgan fingerprint density at radius 1 is 1.08 bits per heavy atom. The van der Waals surface area contributed by atoms with Gasteiger partial charge in [0.05, 0.1) is 32.2 Å². The third-order valence-corrected chi connectivity index (χ3v) is 6.83. The predicted molar refractivity (Wildman–Crippen MR) is 139 cm³/mol. The highest BCUT2D eigenvalue weighted by atomic mass is 16.7. The fourth-order valence-corrected chi connectivity index (χ4v) is 5.01. The zero-order valence-electron chi connectivity index (χ0n) is 22.1. The molecule has 2 heterocycles. The smallest absolute Gasteiger partial charge is 0.308 e. The Kier molecular flexibility index (Phi) is 9.30. The van der Waals surface area contributed by atoms with Gasteiger partial charge < -0.3 is 24.1 Å². The number of carbonyl (C=O) groups excluding carboxylic acids is 1. The highest BCUT2D eigenvalue weighted by Crippen LogP contribution is 2.42. The van der Waals surface area contributed by atoms with E-state index in [1.54, 1.807) is 25.3 Å². The topological polar surface area (TPSA) is 107 Å². The molecule has 1 amide bonds. The number of amides is 1. The molecule has 0 unspecified atom stereocenters. The van der Waals surface area contributed by atoms with Crippen molar-refractivity contribution >= 4 is 11.9 Å². The Hall–Kier alpha value is -3.50. The largest absolute Gasteiger partial charge is 0.493 e. The molecule has 2 aliphatic rings. The number of hydrogen-bond donors (Lipinski definition) is 1. The fraction of sp³-hybridized carbons (Fsp3) is 0.500. The molecule has 1 saturated heterocycles. The summed E-state index contributed by atoms with van der Waals surface area (Å²) in [7, 11) is 1.55. The summed E-state index contributed by atoms with van der Waals surface area (Å²) in [4.78, 5) is 33.6. The SMILES string of the molecule is CCCON(CCC)C(=O)CN1C[C@H](c2ccc3c(c2)OCO3)[C@@H](C(=O)O)[C@@H]1COc1ccccc1OC. The van der Waals surface area contributed by atoms with Crippen LogP contribution in [0.15, 0.2) is 42.5 Å². The van der Waals surface area contributed by atoms with Gasteiger partial charge in [0.1, 0.15) is 6.61 Å². The number of carbonyl (C=O) groups is 2. The summed E-state index contributed by atoms with van der Waals surface area (Å²) < 4.78 is 22.5. The first-order chi connectivity index (χ1) is 18.5. The third-order valence-electron chi connectivity index (χ3n) is 6.83. The Labute approximate surface area is 222 Å². The number of para-hydroxylation sites is 2. The summed E-state index contributed by atoms with van der Waals surface area (Å²) in [6.07, 6.45) is 1.52. The van der Waals surface area contributed by atoms with Crippen molar-refractivity contribution in [3.8, 4) is 23.0 Å². The van der Waals surface area contributed by atoms with Crippen LogP contribution in [-0.4, -0.2) is 79.7 Å². The van der Waals surface area contributed by atoms with Crippen LogP contribution in [0.2, 0.25) is 0 Å². The van der Waals surface area contributed by atoms with Gasteiger partial charge in [-0.1, -0.05) is 32.0 Å². The third kappa shape index (κ3) is 6.14. The van der Waals surface area contributed by atoms with E-state index in [2.05, 4.69) is 0 Å². The second-order valence-electron chi connectivity index (χ2n) is 9.37. The van der Waals surface area contributed by atoms with Crippen LogP contribution in [0.25, 0.3) is 0 Å². The van der Waals surface area contributed by atoms with Crippen LogP contribution in [0.3, 0.4) is 0 Å². The molecule has 1 fully saturated rings. The second kappa shape index (κ2) is 12.8. The number of rotatable bonds is 13. The number of carboxylic acids is 1. The molecule has 0 radical (unpaired) electrons. The van der Waals surface area contributed by atoms with E-state index in [9.17, 15) is 14.7 Å². The maximum absolute atomic E-state index is 13.3. The highest BCUT2D eigenvalue weighted by molar-refractivity contribution is 5.78. The number of hydroxylamine groups is 2. The van der Waals surface area contributed by atoms with Gasteiger partial charge in [-0.15, -0.1) is 0 Å². The Balaban J connectivity index is 1.62. The van der Waals surface area contributed by atoms with Crippen LogP contribution in [0.5, 0.6) is 23.0 Å². The maximum atomic E-state index is 13.3. The van der Waals surface area contributed by atoms with Crippen LogP contribution < -0.4 is 18.9 Å². The van der Waals surface area contributed by atoms with Crippen molar-refractivity contribution in [1.29, 1.82) is 0 Å². The van der Waals surface area contributed by atoms with Crippen LogP contribution in [0.4, 0.5) is 0 Å². The molecule has 3 atom stereocenters. The van der Waals surface area contributed by atoms with E-state index in [1.807, 2.05) is 43.0 Å². The molecular formula is C28H36N2O8. The average molecular weight is 529 g/mol.